The van der Waals surface area contributed by atoms with Crippen LogP contribution < -0.4 is 4.74 Å². The molecule has 2 heterocycles. The Morgan fingerprint density at radius 3 is 2.72 bits per heavy atom. The third-order valence-corrected chi connectivity index (χ3v) is 2.31. The molecule has 0 aromatic carbocycles. The average Bonchev–Trinajstić information content (AvgIpc) is 2.78. The van der Waals surface area contributed by atoms with Crippen LogP contribution in [0.4, 0.5) is 13.2 Å². The van der Waals surface area contributed by atoms with E-state index in [4.69, 9.17) is 4.74 Å². The van der Waals surface area contributed by atoms with E-state index in [0.29, 0.717) is 11.4 Å². The van der Waals surface area contributed by atoms with Gasteiger partial charge in [-0.05, 0) is 12.1 Å². The van der Waals surface area contributed by atoms with Gasteiger partial charge in [-0.1, -0.05) is 6.07 Å². The van der Waals surface area contributed by atoms with Crippen molar-refractivity contribution < 1.29 is 17.9 Å². The molecule has 0 aliphatic rings. The molecule has 2 aromatic rings. The van der Waals surface area contributed by atoms with Crippen LogP contribution in [0.25, 0.3) is 0 Å². The van der Waals surface area contributed by atoms with Gasteiger partial charge in [0.25, 0.3) is 0 Å². The molecule has 0 spiro atoms. The average molecular weight is 257 g/mol. The van der Waals surface area contributed by atoms with Gasteiger partial charge in [0.2, 0.25) is 5.88 Å². The largest absolute Gasteiger partial charge is 0.481 e. The molecule has 0 N–H and O–H groups in total. The van der Waals surface area contributed by atoms with Crippen LogP contribution in [0.5, 0.6) is 5.88 Å². The van der Waals surface area contributed by atoms with E-state index in [1.54, 1.807) is 18.3 Å². The molecule has 0 unspecified atom stereocenters. The highest BCUT2D eigenvalue weighted by molar-refractivity contribution is 5.25. The van der Waals surface area contributed by atoms with Gasteiger partial charge in [0.15, 0.2) is 5.69 Å². The second-order valence-corrected chi connectivity index (χ2v) is 3.57. The van der Waals surface area contributed by atoms with Crippen LogP contribution in [-0.4, -0.2) is 21.9 Å². The maximum Gasteiger partial charge on any atom is 0.435 e. The standard InChI is InChI=1S/C11H10F3N3O/c1-18-10-8(3-2-5-15-10)7-17-6-4-9(16-17)11(12,13)14/h2-6H,7H2,1H3. The number of aromatic nitrogens is 3. The van der Waals surface area contributed by atoms with Crippen LogP contribution in [0.2, 0.25) is 0 Å². The Morgan fingerprint density at radius 2 is 2.11 bits per heavy atom. The Kier molecular flexibility index (Phi) is 3.22. The van der Waals surface area contributed by atoms with E-state index in [9.17, 15) is 13.2 Å². The zero-order valence-electron chi connectivity index (χ0n) is 9.48. The van der Waals surface area contributed by atoms with Crippen LogP contribution in [0.1, 0.15) is 11.3 Å². The molecule has 0 atom stereocenters. The van der Waals surface area contributed by atoms with Gasteiger partial charge in [-0.2, -0.15) is 18.3 Å². The van der Waals surface area contributed by atoms with E-state index in [2.05, 4.69) is 10.1 Å². The molecule has 7 heteroatoms. The van der Waals surface area contributed by atoms with Gasteiger partial charge in [0.1, 0.15) is 0 Å². The summed E-state index contributed by atoms with van der Waals surface area (Å²) in [5.74, 6) is 0.376. The molecule has 0 bridgehead atoms. The SMILES string of the molecule is COc1ncccc1Cn1ccc(C(F)(F)F)n1. The molecule has 0 amide bonds. The van der Waals surface area contributed by atoms with Crippen molar-refractivity contribution in [3.05, 3.63) is 41.9 Å². The second kappa shape index (κ2) is 4.67. The maximum absolute atomic E-state index is 12.4. The van der Waals surface area contributed by atoms with Crippen LogP contribution in [0.15, 0.2) is 30.6 Å². The number of hydrogen-bond acceptors (Lipinski definition) is 3. The smallest absolute Gasteiger partial charge is 0.435 e. The third kappa shape index (κ3) is 2.61. The minimum absolute atomic E-state index is 0.174. The third-order valence-electron chi connectivity index (χ3n) is 2.31. The number of methoxy groups -OCH3 is 1. The summed E-state index contributed by atoms with van der Waals surface area (Å²) < 4.78 is 43.3. The van der Waals surface area contributed by atoms with Gasteiger partial charge in [-0.25, -0.2) is 4.98 Å². The highest BCUT2D eigenvalue weighted by Crippen LogP contribution is 2.27. The predicted molar refractivity (Wildman–Crippen MR) is 57.1 cm³/mol. The summed E-state index contributed by atoms with van der Waals surface area (Å²) in [6.45, 7) is 0.174. The molecule has 0 aliphatic heterocycles. The van der Waals surface area contributed by atoms with Crippen LogP contribution in [-0.2, 0) is 12.7 Å². The van der Waals surface area contributed by atoms with E-state index in [1.165, 1.54) is 18.0 Å². The normalized spacial score (nSPS) is 11.6. The van der Waals surface area contributed by atoms with Crippen molar-refractivity contribution in [3.8, 4) is 5.88 Å². The van der Waals surface area contributed by atoms with Crippen molar-refractivity contribution in [2.24, 2.45) is 0 Å². The Labute approximate surface area is 101 Å². The molecule has 0 radical (unpaired) electrons. The highest BCUT2D eigenvalue weighted by atomic mass is 19.4. The van der Waals surface area contributed by atoms with Crippen LogP contribution in [0.3, 0.4) is 0 Å². The predicted octanol–water partition coefficient (Wildman–Crippen LogP) is 2.35. The second-order valence-electron chi connectivity index (χ2n) is 3.57. The first-order valence-corrected chi connectivity index (χ1v) is 5.09. The minimum Gasteiger partial charge on any atom is -0.481 e. The Bertz CT molecular complexity index is 536. The van der Waals surface area contributed by atoms with Crippen molar-refractivity contribution >= 4 is 0 Å². The molecule has 0 saturated heterocycles. The number of rotatable bonds is 3. The maximum atomic E-state index is 12.4. The summed E-state index contributed by atoms with van der Waals surface area (Å²) in [5, 5.41) is 3.46. The highest BCUT2D eigenvalue weighted by Gasteiger charge is 2.33. The lowest BCUT2D eigenvalue weighted by Crippen LogP contribution is -2.09. The van der Waals surface area contributed by atoms with E-state index >= 15 is 0 Å². The minimum atomic E-state index is -4.43. The van der Waals surface area contributed by atoms with Gasteiger partial charge < -0.3 is 4.74 Å². The van der Waals surface area contributed by atoms with Gasteiger partial charge in [-0.3, -0.25) is 4.68 Å². The lowest BCUT2D eigenvalue weighted by Gasteiger charge is -2.07. The van der Waals surface area contributed by atoms with E-state index in [0.717, 1.165) is 6.07 Å². The van der Waals surface area contributed by atoms with Crippen molar-refractivity contribution in [2.45, 2.75) is 12.7 Å². The first kappa shape index (κ1) is 12.4. The fourth-order valence-electron chi connectivity index (χ4n) is 1.50. The molecule has 0 fully saturated rings. The molecule has 0 aliphatic carbocycles. The van der Waals surface area contributed by atoms with Crippen molar-refractivity contribution in [1.82, 2.24) is 14.8 Å². The summed E-state index contributed by atoms with van der Waals surface area (Å²) >= 11 is 0. The lowest BCUT2D eigenvalue weighted by atomic mass is 10.3. The molecule has 18 heavy (non-hydrogen) atoms. The topological polar surface area (TPSA) is 39.9 Å². The van der Waals surface area contributed by atoms with Crippen LogP contribution in [0, 0.1) is 0 Å². The van der Waals surface area contributed by atoms with Gasteiger partial charge in [0.05, 0.1) is 13.7 Å². The summed E-state index contributed by atoms with van der Waals surface area (Å²) in [4.78, 5) is 3.96. The first-order chi connectivity index (χ1) is 8.50. The quantitative estimate of drug-likeness (QED) is 0.847. The van der Waals surface area contributed by atoms with Crippen LogP contribution >= 0.6 is 0 Å². The Balaban J connectivity index is 2.22. The summed E-state index contributed by atoms with van der Waals surface area (Å²) in [7, 11) is 1.45. The molecule has 2 aromatic heterocycles. The number of halogens is 3. The molecule has 4 nitrogen and oxygen atoms in total. The van der Waals surface area contributed by atoms with Gasteiger partial charge in [0, 0.05) is 18.0 Å². The van der Waals surface area contributed by atoms with E-state index in [1.807, 2.05) is 0 Å². The fraction of sp³-hybridized carbons (Fsp3) is 0.273. The van der Waals surface area contributed by atoms with E-state index < -0.39 is 11.9 Å². The molecule has 0 saturated carbocycles. The van der Waals surface area contributed by atoms with Crippen molar-refractivity contribution in [2.75, 3.05) is 7.11 Å². The molecular formula is C11H10F3N3O. The van der Waals surface area contributed by atoms with Crippen molar-refractivity contribution in [3.63, 3.8) is 0 Å². The summed E-state index contributed by atoms with van der Waals surface area (Å²) in [6, 6.07) is 4.34. The molecular weight excluding hydrogens is 247 g/mol. The number of alkyl halides is 3. The van der Waals surface area contributed by atoms with Crippen molar-refractivity contribution in [1.29, 1.82) is 0 Å². The zero-order chi connectivity index (χ0) is 13.2. The van der Waals surface area contributed by atoms with Gasteiger partial charge >= 0.3 is 6.18 Å². The fourth-order valence-corrected chi connectivity index (χ4v) is 1.50. The number of pyridine rings is 1. The molecule has 2 rings (SSSR count). The number of hydrogen-bond donors (Lipinski definition) is 0. The monoisotopic (exact) mass is 257 g/mol. The zero-order valence-corrected chi connectivity index (χ0v) is 9.48. The Morgan fingerprint density at radius 1 is 1.33 bits per heavy atom. The van der Waals surface area contributed by atoms with Gasteiger partial charge in [-0.15, -0.1) is 0 Å². The lowest BCUT2D eigenvalue weighted by molar-refractivity contribution is -0.141. The Hall–Kier alpha value is -2.05. The van der Waals surface area contributed by atoms with E-state index in [-0.39, 0.29) is 6.54 Å². The number of nitrogens with zero attached hydrogens (tertiary/aromatic N) is 3. The summed E-state index contributed by atoms with van der Waals surface area (Å²) in [5.41, 5.74) is -0.248. The molecule has 96 valence electrons. The number of ether oxygens (including phenoxy) is 1. The summed E-state index contributed by atoms with van der Waals surface area (Å²) in [6.07, 6.45) is -1.61. The first-order valence-electron chi connectivity index (χ1n) is 5.09.